The van der Waals surface area contributed by atoms with Crippen molar-refractivity contribution < 1.29 is 4.79 Å². The summed E-state index contributed by atoms with van der Waals surface area (Å²) < 4.78 is 0. The van der Waals surface area contributed by atoms with Gasteiger partial charge in [0.1, 0.15) is 6.07 Å². The molecule has 1 amide bonds. The van der Waals surface area contributed by atoms with Crippen LogP contribution in [0, 0.1) is 25.2 Å². The number of nitrogens with zero attached hydrogens (tertiary/aromatic N) is 2. The number of rotatable bonds is 4. The molecule has 4 nitrogen and oxygen atoms in total. The van der Waals surface area contributed by atoms with Crippen LogP contribution in [0.15, 0.2) is 36.4 Å². The normalized spacial score (nSPS) is 10.0. The molecule has 0 aromatic heterocycles. The van der Waals surface area contributed by atoms with Gasteiger partial charge < -0.3 is 10.2 Å². The second kappa shape index (κ2) is 7.17. The Balaban J connectivity index is 2.15. The number of hydrogen-bond donors (Lipinski definition) is 1. The lowest BCUT2D eigenvalue weighted by atomic mass is 10.1. The number of carbonyl (C=O) groups is 1. The van der Waals surface area contributed by atoms with Gasteiger partial charge in [-0.05, 0) is 43.2 Å². The van der Waals surface area contributed by atoms with Gasteiger partial charge in [-0.25, -0.2) is 0 Å². The highest BCUT2D eigenvalue weighted by atomic mass is 35.5. The maximum atomic E-state index is 12.3. The first-order valence-electron chi connectivity index (χ1n) is 7.20. The molecular formula is C18H18ClN3O. The molecule has 2 aromatic rings. The predicted molar refractivity (Wildman–Crippen MR) is 94.0 cm³/mol. The van der Waals surface area contributed by atoms with Crippen molar-refractivity contribution in [2.75, 3.05) is 23.8 Å². The van der Waals surface area contributed by atoms with Gasteiger partial charge in [0, 0.05) is 12.7 Å². The number of hydrogen-bond acceptors (Lipinski definition) is 3. The topological polar surface area (TPSA) is 56.1 Å². The van der Waals surface area contributed by atoms with Crippen LogP contribution in [0.5, 0.6) is 0 Å². The molecule has 2 rings (SSSR count). The number of amides is 1. The van der Waals surface area contributed by atoms with E-state index in [1.54, 1.807) is 30.1 Å². The second-order valence-electron chi connectivity index (χ2n) is 5.40. The molecule has 2 aromatic carbocycles. The molecule has 0 unspecified atom stereocenters. The van der Waals surface area contributed by atoms with Crippen molar-refractivity contribution >= 4 is 28.9 Å². The molecule has 0 heterocycles. The third-order valence-electron chi connectivity index (χ3n) is 3.75. The number of aryl methyl sites for hydroxylation is 1. The number of carbonyl (C=O) groups excluding carboxylic acids is 1. The van der Waals surface area contributed by atoms with Crippen molar-refractivity contribution in [3.63, 3.8) is 0 Å². The lowest BCUT2D eigenvalue weighted by Crippen LogP contribution is -2.31. The van der Waals surface area contributed by atoms with Crippen LogP contribution < -0.4 is 10.2 Å². The zero-order valence-corrected chi connectivity index (χ0v) is 14.1. The lowest BCUT2D eigenvalue weighted by molar-refractivity contribution is -0.114. The molecule has 0 aliphatic carbocycles. The summed E-state index contributed by atoms with van der Waals surface area (Å²) in [6.07, 6.45) is 0. The van der Waals surface area contributed by atoms with Gasteiger partial charge in [-0.2, -0.15) is 5.26 Å². The third-order valence-corrected chi connectivity index (χ3v) is 4.05. The average molecular weight is 328 g/mol. The summed E-state index contributed by atoms with van der Waals surface area (Å²) in [6.45, 7) is 4.07. The summed E-state index contributed by atoms with van der Waals surface area (Å²) in [4.78, 5) is 14.0. The quantitative estimate of drug-likeness (QED) is 0.926. The Morgan fingerprint density at radius 2 is 1.96 bits per heavy atom. The van der Waals surface area contributed by atoms with Crippen molar-refractivity contribution in [2.24, 2.45) is 0 Å². The largest absolute Gasteiger partial charge is 0.363 e. The minimum absolute atomic E-state index is 0.103. The minimum Gasteiger partial charge on any atom is -0.363 e. The van der Waals surface area contributed by atoms with E-state index in [0.717, 1.165) is 16.8 Å². The Bertz CT molecular complexity index is 780. The van der Waals surface area contributed by atoms with E-state index in [0.29, 0.717) is 16.3 Å². The molecule has 0 saturated heterocycles. The van der Waals surface area contributed by atoms with Crippen LogP contribution in [-0.2, 0) is 4.79 Å². The minimum atomic E-state index is -0.162. The smallest absolute Gasteiger partial charge is 0.243 e. The highest BCUT2D eigenvalue weighted by molar-refractivity contribution is 6.33. The summed E-state index contributed by atoms with van der Waals surface area (Å²) in [5, 5.41) is 12.5. The second-order valence-corrected chi connectivity index (χ2v) is 5.81. The van der Waals surface area contributed by atoms with Crippen LogP contribution in [0.4, 0.5) is 11.4 Å². The molecule has 0 aliphatic rings. The zero-order valence-electron chi connectivity index (χ0n) is 13.4. The number of nitrogens with one attached hydrogen (secondary N) is 1. The van der Waals surface area contributed by atoms with Gasteiger partial charge >= 0.3 is 0 Å². The average Bonchev–Trinajstić information content (AvgIpc) is 2.51. The summed E-state index contributed by atoms with van der Waals surface area (Å²) >= 11 is 6.17. The Morgan fingerprint density at radius 1 is 1.26 bits per heavy atom. The van der Waals surface area contributed by atoms with Gasteiger partial charge in [0.15, 0.2) is 0 Å². The monoisotopic (exact) mass is 327 g/mol. The molecule has 0 aliphatic heterocycles. The first kappa shape index (κ1) is 16.9. The van der Waals surface area contributed by atoms with E-state index in [1.165, 1.54) is 0 Å². The molecule has 1 N–H and O–H groups in total. The van der Waals surface area contributed by atoms with Crippen LogP contribution >= 0.6 is 11.6 Å². The molecule has 0 saturated carbocycles. The maximum absolute atomic E-state index is 12.3. The molecule has 5 heteroatoms. The first-order chi connectivity index (χ1) is 10.9. The maximum Gasteiger partial charge on any atom is 0.243 e. The number of benzene rings is 2. The highest BCUT2D eigenvalue weighted by Crippen LogP contribution is 2.28. The van der Waals surface area contributed by atoms with E-state index in [9.17, 15) is 10.1 Å². The third kappa shape index (κ3) is 3.82. The van der Waals surface area contributed by atoms with E-state index in [2.05, 4.69) is 11.4 Å². The molecular weight excluding hydrogens is 310 g/mol. The Hall–Kier alpha value is -2.51. The molecule has 0 atom stereocenters. The molecule has 0 spiro atoms. The molecule has 23 heavy (non-hydrogen) atoms. The predicted octanol–water partition coefficient (Wildman–Crippen LogP) is 3.90. The fourth-order valence-electron chi connectivity index (χ4n) is 2.36. The zero-order chi connectivity index (χ0) is 17.0. The molecule has 0 radical (unpaired) electrons. The highest BCUT2D eigenvalue weighted by Gasteiger charge is 2.15. The standard InChI is InChI=1S/C18H18ClN3O/c1-12-6-4-9-16(13(12)2)21-17(23)11-22(3)18-14(10-20)7-5-8-15(18)19/h4-9H,11H2,1-3H3,(H,21,23). The van der Waals surface area contributed by atoms with Gasteiger partial charge in [0.2, 0.25) is 5.91 Å². The van der Waals surface area contributed by atoms with E-state index in [1.807, 2.05) is 32.0 Å². The Kier molecular flexibility index (Phi) is 5.25. The summed E-state index contributed by atoms with van der Waals surface area (Å²) in [5.74, 6) is -0.162. The summed E-state index contributed by atoms with van der Waals surface area (Å²) in [6, 6.07) is 13.0. The number of anilines is 2. The van der Waals surface area contributed by atoms with E-state index < -0.39 is 0 Å². The SMILES string of the molecule is Cc1cccc(NC(=O)CN(C)c2c(Cl)cccc2C#N)c1C. The lowest BCUT2D eigenvalue weighted by Gasteiger charge is -2.21. The fraction of sp³-hybridized carbons (Fsp3) is 0.222. The van der Waals surface area contributed by atoms with Crippen molar-refractivity contribution in [1.29, 1.82) is 5.26 Å². The number of likely N-dealkylation sites (N-methyl/N-ethyl adjacent to an activating group) is 1. The van der Waals surface area contributed by atoms with Crippen molar-refractivity contribution in [1.82, 2.24) is 0 Å². The summed E-state index contributed by atoms with van der Waals surface area (Å²) in [5.41, 5.74) is 3.96. The van der Waals surface area contributed by atoms with Gasteiger partial charge in [-0.1, -0.05) is 29.8 Å². The summed E-state index contributed by atoms with van der Waals surface area (Å²) in [7, 11) is 1.74. The van der Waals surface area contributed by atoms with Crippen molar-refractivity contribution in [3.8, 4) is 6.07 Å². The van der Waals surface area contributed by atoms with Crippen LogP contribution in [0.2, 0.25) is 5.02 Å². The van der Waals surface area contributed by atoms with Crippen LogP contribution in [0.3, 0.4) is 0 Å². The number of halogens is 1. The number of para-hydroxylation sites is 1. The molecule has 0 bridgehead atoms. The van der Waals surface area contributed by atoms with Gasteiger partial charge in [-0.15, -0.1) is 0 Å². The van der Waals surface area contributed by atoms with E-state index in [-0.39, 0.29) is 12.5 Å². The first-order valence-corrected chi connectivity index (χ1v) is 7.57. The number of nitriles is 1. The van der Waals surface area contributed by atoms with Gasteiger partial charge in [0.25, 0.3) is 0 Å². The molecule has 118 valence electrons. The van der Waals surface area contributed by atoms with E-state index in [4.69, 9.17) is 11.6 Å². The Morgan fingerprint density at radius 3 is 2.65 bits per heavy atom. The van der Waals surface area contributed by atoms with Crippen molar-refractivity contribution in [3.05, 3.63) is 58.1 Å². The van der Waals surface area contributed by atoms with Crippen LogP contribution in [-0.4, -0.2) is 19.5 Å². The van der Waals surface area contributed by atoms with Crippen LogP contribution in [0.25, 0.3) is 0 Å². The van der Waals surface area contributed by atoms with Crippen molar-refractivity contribution in [2.45, 2.75) is 13.8 Å². The van der Waals surface area contributed by atoms with Gasteiger partial charge in [-0.3, -0.25) is 4.79 Å². The fourth-order valence-corrected chi connectivity index (χ4v) is 2.68. The van der Waals surface area contributed by atoms with Crippen LogP contribution in [0.1, 0.15) is 16.7 Å². The Labute approximate surface area is 141 Å². The van der Waals surface area contributed by atoms with E-state index >= 15 is 0 Å². The molecule has 0 fully saturated rings. The van der Waals surface area contributed by atoms with Gasteiger partial charge in [0.05, 0.1) is 22.8 Å².